The molecule has 0 aliphatic heterocycles. The summed E-state index contributed by atoms with van der Waals surface area (Å²) in [7, 11) is 0. The molecule has 3 atom stereocenters. The van der Waals surface area contributed by atoms with E-state index < -0.39 is 0 Å². The zero-order valence-electron chi connectivity index (χ0n) is 14.5. The minimum Gasteiger partial charge on any atom is -0.314 e. The molecule has 1 heteroatoms. The Morgan fingerprint density at radius 2 is 1.71 bits per heavy atom. The van der Waals surface area contributed by atoms with Crippen molar-refractivity contribution in [3.05, 3.63) is 35.4 Å². The van der Waals surface area contributed by atoms with Crippen LogP contribution in [0.3, 0.4) is 0 Å². The van der Waals surface area contributed by atoms with E-state index in [1.807, 2.05) is 0 Å². The van der Waals surface area contributed by atoms with Crippen molar-refractivity contribution in [1.82, 2.24) is 5.32 Å². The predicted octanol–water partition coefficient (Wildman–Crippen LogP) is 5.33. The summed E-state index contributed by atoms with van der Waals surface area (Å²) in [6.07, 6.45) is 4.12. The highest BCUT2D eigenvalue weighted by Gasteiger charge is 2.29. The number of nitrogens with one attached hydrogen (secondary N) is 1. The summed E-state index contributed by atoms with van der Waals surface area (Å²) in [4.78, 5) is 0. The Balaban J connectivity index is 2.11. The van der Waals surface area contributed by atoms with E-state index in [1.165, 1.54) is 31.4 Å². The van der Waals surface area contributed by atoms with Crippen LogP contribution in [0.5, 0.6) is 0 Å². The SMILES string of the molecule is CC1CCC(CNC(C)C)C(c2ccc(C(C)C)cc2)C1. The minimum atomic E-state index is 0.591. The first kappa shape index (κ1) is 16.5. The second-order valence-electron chi connectivity index (χ2n) is 7.67. The first-order valence-corrected chi connectivity index (χ1v) is 8.80. The van der Waals surface area contributed by atoms with Crippen molar-refractivity contribution in [2.75, 3.05) is 6.54 Å². The van der Waals surface area contributed by atoms with Crippen molar-refractivity contribution < 1.29 is 0 Å². The quantitative estimate of drug-likeness (QED) is 0.772. The molecule has 0 saturated heterocycles. The van der Waals surface area contributed by atoms with Crippen molar-refractivity contribution in [2.45, 2.75) is 71.8 Å². The Labute approximate surface area is 131 Å². The topological polar surface area (TPSA) is 12.0 Å². The highest BCUT2D eigenvalue weighted by atomic mass is 14.9. The average Bonchev–Trinajstić information content (AvgIpc) is 2.46. The number of benzene rings is 1. The van der Waals surface area contributed by atoms with Gasteiger partial charge in [0.05, 0.1) is 0 Å². The monoisotopic (exact) mass is 287 g/mol. The molecule has 0 amide bonds. The van der Waals surface area contributed by atoms with Crippen LogP contribution in [0, 0.1) is 11.8 Å². The fourth-order valence-electron chi connectivity index (χ4n) is 3.61. The van der Waals surface area contributed by atoms with Gasteiger partial charge in [0.25, 0.3) is 0 Å². The molecule has 0 spiro atoms. The van der Waals surface area contributed by atoms with Crippen LogP contribution >= 0.6 is 0 Å². The van der Waals surface area contributed by atoms with Gasteiger partial charge in [0.15, 0.2) is 0 Å². The molecular formula is C20H33N. The van der Waals surface area contributed by atoms with Crippen molar-refractivity contribution in [2.24, 2.45) is 11.8 Å². The summed E-state index contributed by atoms with van der Waals surface area (Å²) in [6.45, 7) is 12.6. The van der Waals surface area contributed by atoms with Gasteiger partial charge in [-0.25, -0.2) is 0 Å². The molecule has 1 aliphatic carbocycles. The first-order chi connectivity index (χ1) is 9.97. The fraction of sp³-hybridized carbons (Fsp3) is 0.700. The maximum absolute atomic E-state index is 3.66. The molecule has 1 nitrogen and oxygen atoms in total. The number of hydrogen-bond acceptors (Lipinski definition) is 1. The van der Waals surface area contributed by atoms with Crippen molar-refractivity contribution in [1.29, 1.82) is 0 Å². The Hall–Kier alpha value is -0.820. The van der Waals surface area contributed by atoms with Gasteiger partial charge in [-0.2, -0.15) is 0 Å². The van der Waals surface area contributed by atoms with Gasteiger partial charge in [-0.05, 0) is 54.2 Å². The van der Waals surface area contributed by atoms with Gasteiger partial charge < -0.3 is 5.32 Å². The van der Waals surface area contributed by atoms with Crippen LogP contribution < -0.4 is 5.32 Å². The molecule has 0 radical (unpaired) electrons. The van der Waals surface area contributed by atoms with Crippen molar-refractivity contribution in [3.63, 3.8) is 0 Å². The van der Waals surface area contributed by atoms with E-state index in [0.29, 0.717) is 12.0 Å². The fourth-order valence-corrected chi connectivity index (χ4v) is 3.61. The van der Waals surface area contributed by atoms with E-state index in [-0.39, 0.29) is 0 Å². The third-order valence-electron chi connectivity index (χ3n) is 5.08. The molecule has 1 fully saturated rings. The normalized spacial score (nSPS) is 26.5. The van der Waals surface area contributed by atoms with Crippen LogP contribution in [0.4, 0.5) is 0 Å². The van der Waals surface area contributed by atoms with Gasteiger partial charge in [0.1, 0.15) is 0 Å². The molecule has 2 rings (SSSR count). The summed E-state index contributed by atoms with van der Waals surface area (Å²) in [5.41, 5.74) is 3.01. The molecule has 1 saturated carbocycles. The molecule has 0 bridgehead atoms. The van der Waals surface area contributed by atoms with Crippen LogP contribution in [0.1, 0.15) is 76.8 Å². The molecular weight excluding hydrogens is 254 g/mol. The second kappa shape index (κ2) is 7.45. The Bertz CT molecular complexity index is 418. The largest absolute Gasteiger partial charge is 0.314 e. The standard InChI is InChI=1S/C20H33N/c1-14(2)17-8-10-18(11-9-17)20-12-16(5)6-7-19(20)13-21-15(3)4/h8-11,14-16,19-21H,6-7,12-13H2,1-5H3. The van der Waals surface area contributed by atoms with Crippen LogP contribution in [-0.4, -0.2) is 12.6 Å². The lowest BCUT2D eigenvalue weighted by Crippen LogP contribution is -2.34. The van der Waals surface area contributed by atoms with Gasteiger partial charge >= 0.3 is 0 Å². The maximum Gasteiger partial charge on any atom is 0.00104 e. The lowest BCUT2D eigenvalue weighted by Gasteiger charge is -2.36. The lowest BCUT2D eigenvalue weighted by atomic mass is 9.71. The highest BCUT2D eigenvalue weighted by Crippen LogP contribution is 2.40. The van der Waals surface area contributed by atoms with Gasteiger partial charge in [-0.1, -0.05) is 65.3 Å². The first-order valence-electron chi connectivity index (χ1n) is 8.80. The van der Waals surface area contributed by atoms with E-state index >= 15 is 0 Å². The van der Waals surface area contributed by atoms with Gasteiger partial charge in [-0.3, -0.25) is 0 Å². The lowest BCUT2D eigenvalue weighted by molar-refractivity contribution is 0.238. The zero-order chi connectivity index (χ0) is 15.4. The molecule has 1 aromatic rings. The third kappa shape index (κ3) is 4.57. The van der Waals surface area contributed by atoms with E-state index in [9.17, 15) is 0 Å². The molecule has 1 aromatic carbocycles. The Morgan fingerprint density at radius 1 is 1.05 bits per heavy atom. The average molecular weight is 287 g/mol. The molecule has 118 valence electrons. The van der Waals surface area contributed by atoms with E-state index in [0.717, 1.165) is 17.8 Å². The summed E-state index contributed by atoms with van der Waals surface area (Å²) < 4.78 is 0. The molecule has 3 unspecified atom stereocenters. The second-order valence-corrected chi connectivity index (χ2v) is 7.67. The van der Waals surface area contributed by atoms with Crippen molar-refractivity contribution >= 4 is 0 Å². The third-order valence-corrected chi connectivity index (χ3v) is 5.08. The summed E-state index contributed by atoms with van der Waals surface area (Å²) in [5.74, 6) is 3.03. The van der Waals surface area contributed by atoms with E-state index in [1.54, 1.807) is 5.56 Å². The predicted molar refractivity (Wildman–Crippen MR) is 92.9 cm³/mol. The molecule has 1 N–H and O–H groups in total. The summed E-state index contributed by atoms with van der Waals surface area (Å²) in [5, 5.41) is 3.66. The Morgan fingerprint density at radius 3 is 2.29 bits per heavy atom. The van der Waals surface area contributed by atoms with Gasteiger partial charge in [0.2, 0.25) is 0 Å². The van der Waals surface area contributed by atoms with Gasteiger partial charge in [-0.15, -0.1) is 0 Å². The van der Waals surface area contributed by atoms with Crippen LogP contribution in [0.2, 0.25) is 0 Å². The molecule has 0 aromatic heterocycles. The molecule has 21 heavy (non-hydrogen) atoms. The highest BCUT2D eigenvalue weighted by molar-refractivity contribution is 5.28. The van der Waals surface area contributed by atoms with E-state index in [2.05, 4.69) is 64.2 Å². The zero-order valence-corrected chi connectivity index (χ0v) is 14.5. The number of hydrogen-bond donors (Lipinski definition) is 1. The van der Waals surface area contributed by atoms with Crippen LogP contribution in [0.25, 0.3) is 0 Å². The van der Waals surface area contributed by atoms with Gasteiger partial charge in [0, 0.05) is 6.04 Å². The van der Waals surface area contributed by atoms with Crippen molar-refractivity contribution in [3.8, 4) is 0 Å². The smallest absolute Gasteiger partial charge is 0.00104 e. The van der Waals surface area contributed by atoms with E-state index in [4.69, 9.17) is 0 Å². The Kier molecular flexibility index (Phi) is 5.87. The molecule has 0 heterocycles. The van der Waals surface area contributed by atoms with Crippen LogP contribution in [0.15, 0.2) is 24.3 Å². The number of rotatable bonds is 5. The van der Waals surface area contributed by atoms with Crippen LogP contribution in [-0.2, 0) is 0 Å². The molecule has 1 aliphatic rings. The maximum atomic E-state index is 3.66. The summed E-state index contributed by atoms with van der Waals surface area (Å²) in [6, 6.07) is 10.0. The minimum absolute atomic E-state index is 0.591. The summed E-state index contributed by atoms with van der Waals surface area (Å²) >= 11 is 0.